The Balaban J connectivity index is 1.66. The van der Waals surface area contributed by atoms with E-state index < -0.39 is 71.0 Å². The Morgan fingerprint density at radius 2 is 1.83 bits per heavy atom. The number of Topliss-reactive ketones (excluding diaryl/α,β-unsaturated/α-hetero) is 1. The normalized spacial score (nSPS) is 27.3. The molecule has 2 aliphatic carbocycles. The first kappa shape index (κ1) is 29.2. The number of ether oxygens (including phenoxy) is 4. The molecule has 0 aromatic heterocycles. The molecule has 1 fully saturated rings. The molecule has 5 rings (SSSR count). The van der Waals surface area contributed by atoms with E-state index in [1.165, 1.54) is 25.3 Å². The van der Waals surface area contributed by atoms with E-state index in [1.54, 1.807) is 13.8 Å². The van der Waals surface area contributed by atoms with Crippen LogP contribution in [0.25, 0.3) is 0 Å². The maximum Gasteiger partial charge on any atom is 0.202 e. The van der Waals surface area contributed by atoms with E-state index in [9.17, 15) is 29.7 Å². The number of phenols is 2. The number of phenolic OH excluding ortho intramolecular Hbond substituents is 2. The summed E-state index contributed by atoms with van der Waals surface area (Å²) < 4.78 is 22.9. The highest BCUT2D eigenvalue weighted by Crippen LogP contribution is 2.52. The summed E-state index contributed by atoms with van der Waals surface area (Å²) in [6.07, 6.45) is -2.43. The summed E-state index contributed by atoms with van der Waals surface area (Å²) in [7, 11) is 1.35. The summed E-state index contributed by atoms with van der Waals surface area (Å²) in [5.41, 5.74) is 3.18. The lowest BCUT2D eigenvalue weighted by Gasteiger charge is -2.41. The van der Waals surface area contributed by atoms with Gasteiger partial charge in [0.1, 0.15) is 29.5 Å². The van der Waals surface area contributed by atoms with Crippen LogP contribution in [-0.2, 0) is 25.4 Å². The number of fused-ring (bicyclic) bond motifs is 3. The Kier molecular flexibility index (Phi) is 7.68. The third-order valence-corrected chi connectivity index (χ3v) is 7.97. The van der Waals surface area contributed by atoms with Gasteiger partial charge in [0.05, 0.1) is 42.1 Å². The number of nitrogens with two attached hydrogens (primary N) is 1. The van der Waals surface area contributed by atoms with Gasteiger partial charge in [0, 0.05) is 42.0 Å². The van der Waals surface area contributed by atoms with E-state index in [0.717, 1.165) is 0 Å². The quantitative estimate of drug-likeness (QED) is 0.308. The summed E-state index contributed by atoms with van der Waals surface area (Å²) in [5, 5.41) is 34.7. The third-order valence-electron chi connectivity index (χ3n) is 7.97. The van der Waals surface area contributed by atoms with Gasteiger partial charge in [-0.05, 0) is 33.3 Å². The van der Waals surface area contributed by atoms with Gasteiger partial charge in [-0.3, -0.25) is 14.4 Å². The van der Waals surface area contributed by atoms with Gasteiger partial charge in [0.15, 0.2) is 17.9 Å². The van der Waals surface area contributed by atoms with Crippen LogP contribution in [0.2, 0.25) is 0 Å². The predicted molar refractivity (Wildman–Crippen MR) is 144 cm³/mol. The minimum Gasteiger partial charge on any atom is -0.507 e. The van der Waals surface area contributed by atoms with E-state index in [-0.39, 0.29) is 52.7 Å². The fraction of sp³-hybridized carbons (Fsp3) is 0.500. The van der Waals surface area contributed by atoms with Gasteiger partial charge < -0.3 is 40.0 Å². The van der Waals surface area contributed by atoms with Crippen LogP contribution in [0.1, 0.15) is 89.1 Å². The van der Waals surface area contributed by atoms with Gasteiger partial charge in [-0.25, -0.2) is 0 Å². The van der Waals surface area contributed by atoms with Crippen LogP contribution in [0.3, 0.4) is 0 Å². The fourth-order valence-electron chi connectivity index (χ4n) is 6.03. The molecule has 3 aliphatic rings. The molecule has 220 valence electrons. The zero-order valence-electron chi connectivity index (χ0n) is 23.4. The Bertz CT molecular complexity index is 1410. The third kappa shape index (κ3) is 5.02. The minimum atomic E-state index is -2.07. The molecular weight excluding hydrogens is 534 g/mol. The summed E-state index contributed by atoms with van der Waals surface area (Å²) in [5.74, 6) is -3.13. The molecule has 11 heteroatoms. The van der Waals surface area contributed by atoms with E-state index in [0.29, 0.717) is 12.8 Å². The highest BCUT2D eigenvalue weighted by molar-refractivity contribution is 6.31. The number of hydrogen-bond donors (Lipinski definition) is 4. The first-order valence-electron chi connectivity index (χ1n) is 13.7. The molecule has 0 spiro atoms. The van der Waals surface area contributed by atoms with Crippen LogP contribution in [0.5, 0.6) is 17.2 Å². The number of methoxy groups -OCH3 is 1. The van der Waals surface area contributed by atoms with Crippen molar-refractivity contribution in [1.29, 1.82) is 0 Å². The van der Waals surface area contributed by atoms with Crippen molar-refractivity contribution in [2.24, 2.45) is 5.73 Å². The summed E-state index contributed by atoms with van der Waals surface area (Å²) >= 11 is 0. The van der Waals surface area contributed by atoms with Crippen LogP contribution < -0.4 is 10.5 Å². The number of rotatable bonds is 7. The smallest absolute Gasteiger partial charge is 0.202 e. The molecule has 5 atom stereocenters. The zero-order valence-corrected chi connectivity index (χ0v) is 23.4. The van der Waals surface area contributed by atoms with Crippen molar-refractivity contribution in [1.82, 2.24) is 0 Å². The van der Waals surface area contributed by atoms with Gasteiger partial charge in [-0.15, -0.1) is 0 Å². The topological polar surface area (TPSA) is 175 Å². The Morgan fingerprint density at radius 1 is 1.12 bits per heavy atom. The Morgan fingerprint density at radius 3 is 2.49 bits per heavy atom. The van der Waals surface area contributed by atoms with Gasteiger partial charge in [0.25, 0.3) is 0 Å². The van der Waals surface area contributed by atoms with Gasteiger partial charge in [-0.2, -0.15) is 0 Å². The summed E-state index contributed by atoms with van der Waals surface area (Å²) in [6, 6.07) is 4.25. The molecule has 1 saturated heterocycles. The van der Waals surface area contributed by atoms with E-state index in [4.69, 9.17) is 24.7 Å². The van der Waals surface area contributed by atoms with Crippen molar-refractivity contribution in [3.63, 3.8) is 0 Å². The first-order chi connectivity index (χ1) is 19.4. The summed E-state index contributed by atoms with van der Waals surface area (Å²) in [6.45, 7) is 4.92. The Hall–Kier alpha value is -3.35. The molecule has 0 bridgehead atoms. The van der Waals surface area contributed by atoms with Crippen molar-refractivity contribution in [2.45, 2.75) is 82.7 Å². The zero-order chi connectivity index (χ0) is 29.8. The lowest BCUT2D eigenvalue weighted by Crippen LogP contribution is -2.49. The molecule has 3 unspecified atom stereocenters. The minimum absolute atomic E-state index is 0.00148. The van der Waals surface area contributed by atoms with E-state index in [1.807, 2.05) is 6.92 Å². The number of carbonyl (C=O) groups is 3. The van der Waals surface area contributed by atoms with Crippen molar-refractivity contribution in [2.75, 3.05) is 13.7 Å². The van der Waals surface area contributed by atoms with Crippen molar-refractivity contribution in [3.05, 3.63) is 51.6 Å². The summed E-state index contributed by atoms with van der Waals surface area (Å²) in [4.78, 5) is 40.6. The maximum atomic E-state index is 13.8. The molecule has 0 amide bonds. The predicted octanol–water partition coefficient (Wildman–Crippen LogP) is 2.46. The van der Waals surface area contributed by atoms with Crippen LogP contribution in [0.4, 0.5) is 0 Å². The molecule has 2 aromatic rings. The number of benzene rings is 2. The molecule has 11 nitrogen and oxygen atoms in total. The second-order valence-electron chi connectivity index (χ2n) is 11.3. The van der Waals surface area contributed by atoms with Crippen molar-refractivity contribution < 1.29 is 48.7 Å². The van der Waals surface area contributed by atoms with E-state index >= 15 is 0 Å². The first-order valence-corrected chi connectivity index (χ1v) is 13.7. The lowest BCUT2D eigenvalue weighted by molar-refractivity contribution is -0.225. The molecule has 1 heterocycles. The molecule has 0 radical (unpaired) electrons. The highest BCUT2D eigenvalue weighted by atomic mass is 16.7. The number of aromatic hydroxyl groups is 2. The number of hydrogen-bond acceptors (Lipinski definition) is 11. The van der Waals surface area contributed by atoms with Crippen LogP contribution in [0, 0.1) is 0 Å². The highest BCUT2D eigenvalue weighted by Gasteiger charge is 2.50. The second-order valence-corrected chi connectivity index (χ2v) is 11.3. The number of ketones is 3. The van der Waals surface area contributed by atoms with Crippen molar-refractivity contribution in [3.8, 4) is 17.2 Å². The average Bonchev–Trinajstić information content (AvgIpc) is 2.90. The van der Waals surface area contributed by atoms with Crippen LogP contribution in [-0.4, -0.2) is 76.5 Å². The number of carbonyl (C=O) groups excluding carboxylic acids is 3. The second kappa shape index (κ2) is 10.8. The van der Waals surface area contributed by atoms with Crippen LogP contribution >= 0.6 is 0 Å². The maximum absolute atomic E-state index is 13.8. The van der Waals surface area contributed by atoms with Gasteiger partial charge in [0.2, 0.25) is 5.78 Å². The number of aliphatic hydroxyl groups is 1. The molecule has 5 N–H and O–H groups in total. The lowest BCUT2D eigenvalue weighted by atomic mass is 9.72. The SMILES string of the molecule is COc1cccc2c1C(=O)c1c(O)c3c(c(O)c1C2=O)C[C@@](O)(C(=O)COC(C)C)C[C@@H]3OC1CC(N)CC(C)O1. The Labute approximate surface area is 237 Å². The van der Waals surface area contributed by atoms with Crippen molar-refractivity contribution >= 4 is 17.3 Å². The largest absolute Gasteiger partial charge is 0.507 e. The monoisotopic (exact) mass is 569 g/mol. The fourth-order valence-corrected chi connectivity index (χ4v) is 6.03. The van der Waals surface area contributed by atoms with Gasteiger partial charge >= 0.3 is 0 Å². The standard InChI is InChI=1S/C30H35NO10/c1-13(2)39-12-20(32)30(37)10-17-23(19(11-30)41-21-9-15(31)8-14(3)40-21)29(36)25-24(27(17)34)26(33)16-6-5-7-18(38-4)22(16)28(25)35/h5-7,13-15,19,21,34,36-37H,8-12,31H2,1-4H3/t14?,15?,19-,21?,30-/m0/s1. The molecule has 1 aliphatic heterocycles. The molecule has 41 heavy (non-hydrogen) atoms. The van der Waals surface area contributed by atoms with Crippen LogP contribution in [0.15, 0.2) is 18.2 Å². The van der Waals surface area contributed by atoms with Gasteiger partial charge in [-0.1, -0.05) is 12.1 Å². The van der Waals surface area contributed by atoms with E-state index in [2.05, 4.69) is 0 Å². The average molecular weight is 570 g/mol. The molecule has 2 aromatic carbocycles. The molecular formula is C30H35NO10. The molecule has 0 saturated carbocycles.